The summed E-state index contributed by atoms with van der Waals surface area (Å²) in [6, 6.07) is 7.01. The van der Waals surface area contributed by atoms with E-state index in [4.69, 9.17) is 16.6 Å². The van der Waals surface area contributed by atoms with Crippen LogP contribution in [0, 0.1) is 0 Å². The van der Waals surface area contributed by atoms with Crippen LogP contribution in [0.1, 0.15) is 74.5 Å². The Morgan fingerprint density at radius 2 is 1.93 bits per heavy atom. The van der Waals surface area contributed by atoms with E-state index in [-0.39, 0.29) is 18.0 Å². The highest BCUT2D eigenvalue weighted by molar-refractivity contribution is 9.10. The van der Waals surface area contributed by atoms with Crippen LogP contribution < -0.4 is 10.6 Å². The van der Waals surface area contributed by atoms with Crippen molar-refractivity contribution in [1.29, 1.82) is 0 Å². The minimum Gasteiger partial charge on any atom is -0.385 e. The predicted octanol–water partition coefficient (Wildman–Crippen LogP) is 4.64. The number of pyridine rings is 1. The fraction of sp³-hybridized carbons (Fsp3) is 0.500. The second-order valence-electron chi connectivity index (χ2n) is 12.6. The molecule has 2 aromatic heterocycles. The van der Waals surface area contributed by atoms with Crippen LogP contribution in [0.25, 0.3) is 0 Å². The molecule has 236 valence electrons. The number of hydrogen-bond donors (Lipinski definition) is 3. The topological polar surface area (TPSA) is 116 Å². The molecule has 12 heteroatoms. The van der Waals surface area contributed by atoms with Gasteiger partial charge in [0.05, 0.1) is 11.7 Å². The number of aliphatic hydroxyl groups is 1. The lowest BCUT2D eigenvalue weighted by Gasteiger charge is -2.44. The van der Waals surface area contributed by atoms with Gasteiger partial charge in [-0.25, -0.2) is 9.78 Å². The first-order chi connectivity index (χ1) is 20.9. The molecule has 1 aromatic carbocycles. The van der Waals surface area contributed by atoms with Crippen molar-refractivity contribution in [2.45, 2.75) is 77.2 Å². The smallest absolute Gasteiger partial charge is 0.318 e. The highest BCUT2D eigenvalue weighted by Gasteiger charge is 2.41. The third kappa shape index (κ3) is 7.44. The van der Waals surface area contributed by atoms with Gasteiger partial charge in [0.1, 0.15) is 18.0 Å². The van der Waals surface area contributed by atoms with E-state index in [1.54, 1.807) is 18.0 Å². The van der Waals surface area contributed by atoms with E-state index < -0.39 is 17.7 Å². The number of halogens is 2. The molecule has 0 bridgehead atoms. The minimum atomic E-state index is -0.703. The number of aryl methyl sites for hydroxylation is 3. The Hall–Kier alpha value is -2.99. The van der Waals surface area contributed by atoms with Crippen LogP contribution in [0.4, 0.5) is 4.79 Å². The molecule has 2 aliphatic rings. The van der Waals surface area contributed by atoms with Crippen molar-refractivity contribution in [3.63, 3.8) is 0 Å². The number of nitrogens with zero attached hydrogens (tertiary/aromatic N) is 5. The fourth-order valence-electron chi connectivity index (χ4n) is 6.14. The van der Waals surface area contributed by atoms with Crippen molar-refractivity contribution in [2.75, 3.05) is 26.2 Å². The molecular formula is C32H41BrClN7O3. The summed E-state index contributed by atoms with van der Waals surface area (Å²) in [7, 11) is 0. The summed E-state index contributed by atoms with van der Waals surface area (Å²) in [6.07, 6.45) is 6.95. The van der Waals surface area contributed by atoms with Crippen molar-refractivity contribution in [1.82, 2.24) is 35.0 Å². The molecule has 44 heavy (non-hydrogen) atoms. The number of hydrogen-bond acceptors (Lipinski definition) is 6. The van der Waals surface area contributed by atoms with Gasteiger partial charge in [0.15, 0.2) is 0 Å². The maximum absolute atomic E-state index is 13.8. The lowest BCUT2D eigenvalue weighted by Crippen LogP contribution is -2.64. The number of fused-ring (bicyclic) bond motifs is 2. The van der Waals surface area contributed by atoms with Crippen LogP contribution in [0.2, 0.25) is 5.02 Å². The van der Waals surface area contributed by atoms with Gasteiger partial charge in [-0.05, 0) is 97.8 Å². The molecule has 2 unspecified atom stereocenters. The zero-order valence-electron chi connectivity index (χ0n) is 25.7. The van der Waals surface area contributed by atoms with E-state index in [0.29, 0.717) is 50.0 Å². The molecule has 3 atom stereocenters. The normalized spacial score (nSPS) is 19.5. The van der Waals surface area contributed by atoms with Gasteiger partial charge in [-0.15, -0.1) is 0 Å². The summed E-state index contributed by atoms with van der Waals surface area (Å²) in [5.74, 6) is 0.393. The first-order valence-electron chi connectivity index (χ1n) is 15.1. The summed E-state index contributed by atoms with van der Waals surface area (Å²) >= 11 is 10.0. The van der Waals surface area contributed by atoms with Gasteiger partial charge in [-0.1, -0.05) is 17.7 Å². The highest BCUT2D eigenvalue weighted by atomic mass is 79.9. The molecule has 0 spiro atoms. The van der Waals surface area contributed by atoms with Gasteiger partial charge in [0.25, 0.3) is 0 Å². The third-order valence-corrected chi connectivity index (χ3v) is 8.78. The number of aromatic nitrogens is 3. The Kier molecular flexibility index (Phi) is 9.99. The quantitative estimate of drug-likeness (QED) is 0.312. The number of aliphatic hydroxyl groups excluding tert-OH is 1. The van der Waals surface area contributed by atoms with Crippen molar-refractivity contribution in [2.24, 2.45) is 0 Å². The monoisotopic (exact) mass is 685 g/mol. The lowest BCUT2D eigenvalue weighted by atomic mass is 9.95. The van der Waals surface area contributed by atoms with E-state index in [1.165, 1.54) is 5.56 Å². The largest absolute Gasteiger partial charge is 0.385 e. The second-order valence-corrected chi connectivity index (χ2v) is 14.0. The maximum atomic E-state index is 13.8. The molecule has 3 amide bonds. The number of amides is 3. The summed E-state index contributed by atoms with van der Waals surface area (Å²) < 4.78 is 2.82. The Bertz CT molecular complexity index is 1450. The van der Waals surface area contributed by atoms with Gasteiger partial charge in [-0.2, -0.15) is 0 Å². The molecule has 0 radical (unpaired) electrons. The summed E-state index contributed by atoms with van der Waals surface area (Å²) in [4.78, 5) is 40.4. The number of carbonyl (C=O) groups is 2. The number of piperazine rings is 1. The zero-order chi connectivity index (χ0) is 31.6. The summed E-state index contributed by atoms with van der Waals surface area (Å²) in [6.45, 7) is 9.82. The van der Waals surface area contributed by atoms with E-state index >= 15 is 0 Å². The van der Waals surface area contributed by atoms with Crippen LogP contribution in [-0.2, 0) is 24.2 Å². The zero-order valence-corrected chi connectivity index (χ0v) is 28.0. The Morgan fingerprint density at radius 3 is 2.68 bits per heavy atom. The van der Waals surface area contributed by atoms with Crippen LogP contribution in [0.15, 0.2) is 47.3 Å². The van der Waals surface area contributed by atoms with Gasteiger partial charge in [0.2, 0.25) is 5.91 Å². The molecule has 1 aliphatic heterocycles. The first-order valence-corrected chi connectivity index (χ1v) is 16.3. The SMILES string of the molecule is CC(O)c1nccn1CCCNC(=O)[C@H]1CN(C2c3ccc(Cl)cc3CCc3cc(Br)cnc32)CCN1C(=O)NC(C)(C)C. The Balaban J connectivity index is 1.39. The van der Waals surface area contributed by atoms with Crippen LogP contribution in [-0.4, -0.2) is 79.1 Å². The van der Waals surface area contributed by atoms with Gasteiger partial charge in [0, 0.05) is 66.3 Å². The van der Waals surface area contributed by atoms with Crippen molar-refractivity contribution in [3.8, 4) is 0 Å². The number of rotatable bonds is 7. The molecular weight excluding hydrogens is 646 g/mol. The Labute approximate surface area is 272 Å². The molecule has 3 aromatic rings. The summed E-state index contributed by atoms with van der Waals surface area (Å²) in [5, 5.41) is 16.8. The molecule has 0 saturated carbocycles. The first kappa shape index (κ1) is 32.4. The molecule has 3 heterocycles. The van der Waals surface area contributed by atoms with Crippen LogP contribution >= 0.6 is 27.5 Å². The molecule has 1 fully saturated rings. The highest BCUT2D eigenvalue weighted by Crippen LogP contribution is 2.38. The van der Waals surface area contributed by atoms with Crippen LogP contribution in [0.3, 0.4) is 0 Å². The van der Waals surface area contributed by atoms with Gasteiger partial charge < -0.3 is 25.2 Å². The number of benzene rings is 1. The van der Waals surface area contributed by atoms with Crippen molar-refractivity contribution < 1.29 is 14.7 Å². The number of imidazole rings is 1. The van der Waals surface area contributed by atoms with E-state index in [0.717, 1.165) is 34.1 Å². The van der Waals surface area contributed by atoms with Crippen molar-refractivity contribution >= 4 is 39.5 Å². The van der Waals surface area contributed by atoms with Crippen molar-refractivity contribution in [3.05, 3.63) is 80.6 Å². The number of urea groups is 1. The molecule has 5 rings (SSSR count). The average Bonchev–Trinajstić information content (AvgIpc) is 3.38. The summed E-state index contributed by atoms with van der Waals surface area (Å²) in [5.41, 5.74) is 3.97. The number of carbonyl (C=O) groups excluding carboxylic acids is 2. The molecule has 10 nitrogen and oxygen atoms in total. The molecule has 3 N–H and O–H groups in total. The third-order valence-electron chi connectivity index (χ3n) is 8.11. The van der Waals surface area contributed by atoms with E-state index in [1.807, 2.05) is 49.9 Å². The van der Waals surface area contributed by atoms with Gasteiger partial charge >= 0.3 is 6.03 Å². The van der Waals surface area contributed by atoms with E-state index in [9.17, 15) is 14.7 Å². The lowest BCUT2D eigenvalue weighted by molar-refractivity contribution is -0.127. The Morgan fingerprint density at radius 1 is 1.16 bits per heavy atom. The second kappa shape index (κ2) is 13.6. The molecule has 1 aliphatic carbocycles. The van der Waals surface area contributed by atoms with Crippen LogP contribution in [0.5, 0.6) is 0 Å². The standard InChI is InChI=1S/C32H41BrClN7O3/c1-20(42)29-35-11-13-39(29)12-5-10-36-30(43)26-19-40(14-15-41(26)31(44)38-32(2,3)4)28-25-9-8-24(34)17-21(25)6-7-22-16-23(33)18-37-27(22)28/h8-9,11,13,16-18,20,26,28,42H,5-7,10,12,14-15,19H2,1-4H3,(H,36,43)(H,38,44)/t20?,26-,28?/m1/s1. The minimum absolute atomic E-state index is 0.184. The maximum Gasteiger partial charge on any atom is 0.318 e. The van der Waals surface area contributed by atoms with E-state index in [2.05, 4.69) is 48.6 Å². The molecule has 1 saturated heterocycles. The predicted molar refractivity (Wildman–Crippen MR) is 173 cm³/mol. The van der Waals surface area contributed by atoms with Gasteiger partial charge in [-0.3, -0.25) is 14.7 Å². The number of nitrogens with one attached hydrogen (secondary N) is 2. The average molecular weight is 687 g/mol. The fourth-order valence-corrected chi connectivity index (χ4v) is 6.71.